The van der Waals surface area contributed by atoms with E-state index in [9.17, 15) is 4.79 Å². The molecule has 0 bridgehead atoms. The Morgan fingerprint density at radius 2 is 1.78 bits per heavy atom. The van der Waals surface area contributed by atoms with Crippen molar-refractivity contribution >= 4 is 23.3 Å². The summed E-state index contributed by atoms with van der Waals surface area (Å²) in [4.78, 5) is 16.7. The number of amides is 2. The number of hydrogen-bond donors (Lipinski definition) is 0. The molecule has 120 valence electrons. The second-order valence-corrected chi connectivity index (χ2v) is 6.29. The largest absolute Gasteiger partial charge is 0.325 e. The Balaban J connectivity index is 1.94. The molecule has 1 aliphatic rings. The van der Waals surface area contributed by atoms with Gasteiger partial charge in [-0.1, -0.05) is 55.3 Å². The van der Waals surface area contributed by atoms with Crippen molar-refractivity contribution in [3.63, 3.8) is 0 Å². The number of rotatable bonds is 5. The molecule has 0 aliphatic carbocycles. The molecule has 2 aromatic rings. The third-order valence-electron chi connectivity index (χ3n) is 4.25. The van der Waals surface area contributed by atoms with Crippen molar-refractivity contribution in [2.24, 2.45) is 0 Å². The number of halogens is 1. The van der Waals surface area contributed by atoms with Crippen molar-refractivity contribution in [1.82, 2.24) is 4.90 Å². The van der Waals surface area contributed by atoms with Crippen LogP contribution >= 0.6 is 11.6 Å². The summed E-state index contributed by atoms with van der Waals surface area (Å²) in [5.41, 5.74) is 2.06. The highest BCUT2D eigenvalue weighted by Gasteiger charge is 2.38. The van der Waals surface area contributed by atoms with Crippen LogP contribution in [0.2, 0.25) is 5.02 Å². The van der Waals surface area contributed by atoms with E-state index in [0.717, 1.165) is 37.2 Å². The molecule has 0 saturated carbocycles. The molecule has 0 N–H and O–H groups in total. The molecule has 1 saturated heterocycles. The SMILES string of the molecule is CCCCN1C[C@@H](c2ccccc2)N(c2ccc(Cl)cc2)C1=O. The smallest absolute Gasteiger partial charge is 0.322 e. The molecule has 3 nitrogen and oxygen atoms in total. The maximum atomic E-state index is 12.9. The third-order valence-corrected chi connectivity index (χ3v) is 4.50. The summed E-state index contributed by atoms with van der Waals surface area (Å²) in [6, 6.07) is 17.8. The van der Waals surface area contributed by atoms with E-state index in [1.54, 1.807) is 0 Å². The first-order valence-electron chi connectivity index (χ1n) is 8.09. The van der Waals surface area contributed by atoms with Crippen LogP contribution in [-0.4, -0.2) is 24.0 Å². The van der Waals surface area contributed by atoms with Gasteiger partial charge in [0.1, 0.15) is 0 Å². The molecule has 1 heterocycles. The van der Waals surface area contributed by atoms with Crippen LogP contribution in [0.4, 0.5) is 10.5 Å². The van der Waals surface area contributed by atoms with Crippen LogP contribution in [0.1, 0.15) is 31.4 Å². The minimum atomic E-state index is 0.0433. The van der Waals surface area contributed by atoms with Crippen molar-refractivity contribution in [2.45, 2.75) is 25.8 Å². The maximum absolute atomic E-state index is 12.9. The van der Waals surface area contributed by atoms with E-state index in [-0.39, 0.29) is 12.1 Å². The van der Waals surface area contributed by atoms with Gasteiger partial charge in [-0.15, -0.1) is 0 Å². The highest BCUT2D eigenvalue weighted by Crippen LogP contribution is 2.35. The van der Waals surface area contributed by atoms with Crippen LogP contribution in [0.3, 0.4) is 0 Å². The average Bonchev–Trinajstić information content (AvgIpc) is 2.91. The summed E-state index contributed by atoms with van der Waals surface area (Å²) < 4.78 is 0. The third kappa shape index (κ3) is 3.35. The predicted octanol–water partition coefficient (Wildman–Crippen LogP) is 5.12. The summed E-state index contributed by atoms with van der Waals surface area (Å²) in [7, 11) is 0. The number of anilines is 1. The van der Waals surface area contributed by atoms with Gasteiger partial charge in [-0.2, -0.15) is 0 Å². The second kappa shape index (κ2) is 7.05. The number of carbonyl (C=O) groups is 1. The fourth-order valence-corrected chi connectivity index (χ4v) is 3.14. The van der Waals surface area contributed by atoms with Crippen LogP contribution in [0, 0.1) is 0 Å². The van der Waals surface area contributed by atoms with Gasteiger partial charge >= 0.3 is 6.03 Å². The van der Waals surface area contributed by atoms with Crippen LogP contribution in [0.25, 0.3) is 0 Å². The molecule has 3 rings (SSSR count). The molecular formula is C19H21ClN2O. The lowest BCUT2D eigenvalue weighted by molar-refractivity contribution is 0.220. The standard InChI is InChI=1S/C19H21ClN2O/c1-2-3-13-21-14-18(15-7-5-4-6-8-15)22(19(21)23)17-11-9-16(20)10-12-17/h4-12,18H,2-3,13-14H2,1H3/t18-/m0/s1. The van der Waals surface area contributed by atoms with E-state index in [4.69, 9.17) is 11.6 Å². The zero-order valence-electron chi connectivity index (χ0n) is 13.3. The fourth-order valence-electron chi connectivity index (χ4n) is 3.01. The van der Waals surface area contributed by atoms with Crippen LogP contribution < -0.4 is 4.90 Å². The number of hydrogen-bond acceptors (Lipinski definition) is 1. The van der Waals surface area contributed by atoms with E-state index < -0.39 is 0 Å². The van der Waals surface area contributed by atoms with Gasteiger partial charge in [0.2, 0.25) is 0 Å². The first-order valence-corrected chi connectivity index (χ1v) is 8.47. The molecule has 0 aromatic heterocycles. The van der Waals surface area contributed by atoms with E-state index in [1.165, 1.54) is 0 Å². The van der Waals surface area contributed by atoms with Gasteiger partial charge in [-0.25, -0.2) is 4.79 Å². The van der Waals surface area contributed by atoms with Crippen LogP contribution in [0.15, 0.2) is 54.6 Å². The lowest BCUT2D eigenvalue weighted by atomic mass is 10.1. The molecule has 1 atom stereocenters. The number of urea groups is 1. The molecule has 1 aliphatic heterocycles. The Bertz CT molecular complexity index is 657. The summed E-state index contributed by atoms with van der Waals surface area (Å²) >= 11 is 5.99. The molecule has 0 spiro atoms. The zero-order valence-corrected chi connectivity index (χ0v) is 14.0. The Morgan fingerprint density at radius 3 is 2.43 bits per heavy atom. The molecular weight excluding hydrogens is 308 g/mol. The topological polar surface area (TPSA) is 23.6 Å². The monoisotopic (exact) mass is 328 g/mol. The van der Waals surface area contributed by atoms with Crippen LogP contribution in [0.5, 0.6) is 0 Å². The Hall–Kier alpha value is -2.00. The Kier molecular flexibility index (Phi) is 4.87. The van der Waals surface area contributed by atoms with Gasteiger partial charge in [0.25, 0.3) is 0 Å². The maximum Gasteiger partial charge on any atom is 0.325 e. The minimum Gasteiger partial charge on any atom is -0.322 e. The lowest BCUT2D eigenvalue weighted by Crippen LogP contribution is -2.33. The van der Waals surface area contributed by atoms with Crippen molar-refractivity contribution in [3.05, 3.63) is 65.2 Å². The minimum absolute atomic E-state index is 0.0433. The highest BCUT2D eigenvalue weighted by molar-refractivity contribution is 6.30. The lowest BCUT2D eigenvalue weighted by Gasteiger charge is -2.23. The zero-order chi connectivity index (χ0) is 16.2. The number of nitrogens with zero attached hydrogens (tertiary/aromatic N) is 2. The summed E-state index contributed by atoms with van der Waals surface area (Å²) in [6.07, 6.45) is 2.11. The predicted molar refractivity (Wildman–Crippen MR) is 95.0 cm³/mol. The molecule has 2 aromatic carbocycles. The second-order valence-electron chi connectivity index (χ2n) is 5.86. The number of benzene rings is 2. The first kappa shape index (κ1) is 15.9. The highest BCUT2D eigenvalue weighted by atomic mass is 35.5. The molecule has 0 radical (unpaired) electrons. The van der Waals surface area contributed by atoms with E-state index in [0.29, 0.717) is 5.02 Å². The van der Waals surface area contributed by atoms with Gasteiger partial charge in [0.05, 0.1) is 6.04 Å². The average molecular weight is 329 g/mol. The van der Waals surface area contributed by atoms with Crippen molar-refractivity contribution in [1.29, 1.82) is 0 Å². The molecule has 23 heavy (non-hydrogen) atoms. The van der Waals surface area contributed by atoms with E-state index in [2.05, 4.69) is 19.1 Å². The van der Waals surface area contributed by atoms with Crippen LogP contribution in [-0.2, 0) is 0 Å². The van der Waals surface area contributed by atoms with Crippen molar-refractivity contribution in [3.8, 4) is 0 Å². The molecule has 0 unspecified atom stereocenters. The van der Waals surface area contributed by atoms with E-state index >= 15 is 0 Å². The van der Waals surface area contributed by atoms with Crippen molar-refractivity contribution in [2.75, 3.05) is 18.0 Å². The van der Waals surface area contributed by atoms with Gasteiger partial charge in [-0.3, -0.25) is 4.90 Å². The Morgan fingerprint density at radius 1 is 1.09 bits per heavy atom. The summed E-state index contributed by atoms with van der Waals surface area (Å²) in [5.74, 6) is 0. The van der Waals surface area contributed by atoms with Gasteiger partial charge < -0.3 is 4.90 Å². The molecule has 4 heteroatoms. The normalized spacial score (nSPS) is 17.8. The molecule has 1 fully saturated rings. The quantitative estimate of drug-likeness (QED) is 0.747. The van der Waals surface area contributed by atoms with Gasteiger partial charge in [-0.05, 0) is 36.2 Å². The van der Waals surface area contributed by atoms with E-state index in [1.807, 2.05) is 52.3 Å². The fraction of sp³-hybridized carbons (Fsp3) is 0.316. The summed E-state index contributed by atoms with van der Waals surface area (Å²) in [6.45, 7) is 3.68. The van der Waals surface area contributed by atoms with Gasteiger partial charge in [0.15, 0.2) is 0 Å². The first-order chi connectivity index (χ1) is 11.2. The Labute approximate surface area is 142 Å². The number of unbranched alkanes of at least 4 members (excludes halogenated alkanes) is 1. The van der Waals surface area contributed by atoms with Gasteiger partial charge in [0, 0.05) is 23.8 Å². The summed E-state index contributed by atoms with van der Waals surface area (Å²) in [5, 5.41) is 0.680. The number of carbonyl (C=O) groups excluding carboxylic acids is 1. The van der Waals surface area contributed by atoms with Crippen molar-refractivity contribution < 1.29 is 4.79 Å². The molecule has 2 amide bonds.